The quantitative estimate of drug-likeness (QED) is 0.114. The van der Waals surface area contributed by atoms with Crippen LogP contribution in [0.5, 0.6) is 0 Å². The Morgan fingerprint density at radius 3 is 1.39 bits per heavy atom. The van der Waals surface area contributed by atoms with Gasteiger partial charge in [0, 0.05) is 34.9 Å². The van der Waals surface area contributed by atoms with Crippen LogP contribution in [0.2, 0.25) is 43.4 Å². The van der Waals surface area contributed by atoms with Gasteiger partial charge in [-0.2, -0.15) is 0 Å². The van der Waals surface area contributed by atoms with Gasteiger partial charge in [-0.3, -0.25) is 0 Å². The zero-order valence-corrected chi connectivity index (χ0v) is 33.3. The maximum atomic E-state index is 6.38. The first-order valence-corrected chi connectivity index (χ1v) is 22.0. The molecule has 0 N–H and O–H groups in total. The summed E-state index contributed by atoms with van der Waals surface area (Å²) in [7, 11) is -3.59. The van der Waals surface area contributed by atoms with E-state index in [4.69, 9.17) is 28.2 Å². The van der Waals surface area contributed by atoms with E-state index in [2.05, 4.69) is 126 Å². The van der Waals surface area contributed by atoms with Crippen LogP contribution in [0.25, 0.3) is 33.2 Å². The fraction of sp³-hybridized carbons (Fsp3) is 0.486. The van der Waals surface area contributed by atoms with E-state index in [-0.39, 0.29) is 0 Å². The summed E-state index contributed by atoms with van der Waals surface area (Å²) in [6, 6.07) is 12.2. The summed E-state index contributed by atoms with van der Waals surface area (Å²) in [5.74, 6) is 0. The van der Waals surface area contributed by atoms with Crippen LogP contribution in [0.3, 0.4) is 0 Å². The minimum Gasteiger partial charge on any atom is -0.359 e. The van der Waals surface area contributed by atoms with Gasteiger partial charge in [-0.1, -0.05) is 106 Å². The first-order valence-electron chi connectivity index (χ1n) is 16.8. The van der Waals surface area contributed by atoms with E-state index in [0.717, 1.165) is 38.2 Å². The molecule has 0 fully saturated rings. The molecule has 0 aromatic carbocycles. The molecule has 0 unspecified atom stereocenters. The maximum Gasteiger partial charge on any atom is 0.171 e. The minimum absolute atomic E-state index is 0.535. The number of halogens is 2. The normalized spacial score (nSPS) is 12.9. The summed E-state index contributed by atoms with van der Waals surface area (Å²) in [6.45, 7) is 28.4. The van der Waals surface area contributed by atoms with Crippen LogP contribution in [-0.4, -0.2) is 39.9 Å². The van der Waals surface area contributed by atoms with Crippen LogP contribution in [0.15, 0.2) is 67.4 Å². The lowest BCUT2D eigenvalue weighted by atomic mass is 10.1. The largest absolute Gasteiger partial charge is 0.359 e. The second kappa shape index (κ2) is 14.3. The summed E-state index contributed by atoms with van der Waals surface area (Å²) < 4.78 is 5.03. The van der Waals surface area contributed by atoms with Gasteiger partial charge in [0.2, 0.25) is 0 Å². The minimum atomic E-state index is -1.85. The highest BCUT2D eigenvalue weighted by atomic mass is 35.5. The molecule has 5 heterocycles. The molecule has 5 nitrogen and oxygen atoms in total. The highest BCUT2D eigenvalue weighted by Gasteiger charge is 2.47. The molecule has 0 radical (unpaired) electrons. The van der Waals surface area contributed by atoms with Crippen LogP contribution in [-0.2, 0) is 0 Å². The van der Waals surface area contributed by atoms with Crippen molar-refractivity contribution < 1.29 is 0 Å². The average molecular weight is 695 g/mol. The molecule has 0 amide bonds. The molecule has 0 spiro atoms. The number of hydrogen-bond acceptors (Lipinski definition) is 3. The standard InChI is InChI=1S/C21H28ClN3Si.C16H25ClN2Si/c1-14(2)26(15(3)4,16(5)6)25-13-10-19-17(9-12-24-21(19)25)18-8-7-11-23-20(18)22;1-11(2)20(12(3)4,13(5)6)19-10-8-14-15(17)7-9-18-16(14)19/h7-16H,1-6H3;7-13H,1-6H3. The lowest BCUT2D eigenvalue weighted by molar-refractivity contribution is 0.770. The van der Waals surface area contributed by atoms with Gasteiger partial charge in [-0.05, 0) is 87.6 Å². The molecular weight excluding hydrogens is 642 g/mol. The van der Waals surface area contributed by atoms with Gasteiger partial charge in [0.15, 0.2) is 16.5 Å². The van der Waals surface area contributed by atoms with Gasteiger partial charge in [-0.15, -0.1) is 0 Å². The molecule has 5 rings (SSSR count). The van der Waals surface area contributed by atoms with Crippen molar-refractivity contribution in [3.05, 3.63) is 77.6 Å². The van der Waals surface area contributed by atoms with Crippen molar-refractivity contribution in [2.45, 2.75) is 116 Å². The fourth-order valence-electron chi connectivity index (χ4n) is 9.16. The van der Waals surface area contributed by atoms with Crippen LogP contribution < -0.4 is 0 Å². The van der Waals surface area contributed by atoms with Crippen LogP contribution >= 0.6 is 23.2 Å². The first kappa shape index (κ1) is 36.4. The molecule has 46 heavy (non-hydrogen) atoms. The SMILES string of the molecule is CC(C)[Si](C(C)C)(C(C)C)n1ccc2c(-c3cccnc3Cl)ccnc21.CC(C)[Si](C(C)C)(C(C)C)n1ccc2c(Cl)ccnc21. The predicted molar refractivity (Wildman–Crippen MR) is 206 cm³/mol. The molecular formula is C37H53Cl2N5Si2. The molecule has 0 saturated carbocycles. The maximum absolute atomic E-state index is 6.38. The van der Waals surface area contributed by atoms with Crippen molar-refractivity contribution in [2.24, 2.45) is 0 Å². The van der Waals surface area contributed by atoms with Gasteiger partial charge >= 0.3 is 0 Å². The molecule has 0 aliphatic heterocycles. The van der Waals surface area contributed by atoms with Crippen molar-refractivity contribution in [3.8, 4) is 11.1 Å². The number of nitrogens with zero attached hydrogens (tertiary/aromatic N) is 5. The second-order valence-corrected chi connectivity index (χ2v) is 26.7. The molecule has 9 heteroatoms. The van der Waals surface area contributed by atoms with Gasteiger partial charge < -0.3 is 8.47 Å². The third-order valence-corrected chi connectivity index (χ3v) is 24.7. The van der Waals surface area contributed by atoms with E-state index in [0.29, 0.717) is 38.4 Å². The van der Waals surface area contributed by atoms with E-state index >= 15 is 0 Å². The van der Waals surface area contributed by atoms with E-state index in [9.17, 15) is 0 Å². The lowest BCUT2D eigenvalue weighted by Crippen LogP contribution is -2.51. The van der Waals surface area contributed by atoms with Crippen molar-refractivity contribution in [3.63, 3.8) is 0 Å². The van der Waals surface area contributed by atoms with Crippen molar-refractivity contribution in [2.75, 3.05) is 0 Å². The Kier molecular flexibility index (Phi) is 11.3. The third kappa shape index (κ3) is 6.02. The van der Waals surface area contributed by atoms with Crippen LogP contribution in [0.1, 0.15) is 83.1 Å². The number of fused-ring (bicyclic) bond motifs is 2. The Bertz CT molecular complexity index is 1730. The van der Waals surface area contributed by atoms with Crippen molar-refractivity contribution in [1.29, 1.82) is 0 Å². The topological polar surface area (TPSA) is 48.5 Å². The zero-order chi connectivity index (χ0) is 34.1. The first-order chi connectivity index (χ1) is 21.6. The molecule has 0 aliphatic carbocycles. The molecule has 248 valence electrons. The Balaban J connectivity index is 0.000000216. The summed E-state index contributed by atoms with van der Waals surface area (Å²) in [6.07, 6.45) is 9.93. The number of rotatable bonds is 9. The molecule has 0 saturated heterocycles. The van der Waals surface area contributed by atoms with E-state index in [1.807, 2.05) is 36.7 Å². The Hall–Kier alpha value is -2.46. The van der Waals surface area contributed by atoms with Gasteiger partial charge in [0.25, 0.3) is 0 Å². The monoisotopic (exact) mass is 693 g/mol. The Morgan fingerprint density at radius 1 is 0.500 bits per heavy atom. The average Bonchev–Trinajstić information content (AvgIpc) is 3.60. The third-order valence-electron chi connectivity index (χ3n) is 10.6. The predicted octanol–water partition coefficient (Wildman–Crippen LogP) is 12.5. The van der Waals surface area contributed by atoms with Crippen molar-refractivity contribution in [1.82, 2.24) is 23.4 Å². The van der Waals surface area contributed by atoms with Crippen molar-refractivity contribution >= 4 is 61.7 Å². The zero-order valence-electron chi connectivity index (χ0n) is 29.8. The second-order valence-electron chi connectivity index (χ2n) is 14.5. The summed E-state index contributed by atoms with van der Waals surface area (Å²) in [4.78, 5) is 13.7. The Morgan fingerprint density at radius 2 is 0.935 bits per heavy atom. The lowest BCUT2D eigenvalue weighted by Gasteiger charge is -2.44. The van der Waals surface area contributed by atoms with E-state index < -0.39 is 16.5 Å². The summed E-state index contributed by atoms with van der Waals surface area (Å²) >= 11 is 12.7. The van der Waals surface area contributed by atoms with E-state index in [1.165, 1.54) is 0 Å². The molecule has 0 atom stereocenters. The number of aromatic nitrogens is 5. The van der Waals surface area contributed by atoms with Crippen LogP contribution in [0, 0.1) is 0 Å². The Labute approximate surface area is 289 Å². The number of hydrogen-bond donors (Lipinski definition) is 0. The molecule has 5 aromatic heterocycles. The van der Waals surface area contributed by atoms with Gasteiger partial charge in [0.05, 0.1) is 5.02 Å². The van der Waals surface area contributed by atoms with Gasteiger partial charge in [-0.25, -0.2) is 15.0 Å². The fourth-order valence-corrected chi connectivity index (χ4v) is 22.7. The summed E-state index contributed by atoms with van der Waals surface area (Å²) in [5, 5.41) is 3.56. The van der Waals surface area contributed by atoms with Crippen LogP contribution in [0.4, 0.5) is 0 Å². The number of pyridine rings is 3. The highest BCUT2D eigenvalue weighted by molar-refractivity contribution is 6.83. The van der Waals surface area contributed by atoms with E-state index in [1.54, 1.807) is 6.20 Å². The van der Waals surface area contributed by atoms with Gasteiger partial charge in [0.1, 0.15) is 16.4 Å². The highest BCUT2D eigenvalue weighted by Crippen LogP contribution is 2.46. The summed E-state index contributed by atoms with van der Waals surface area (Å²) in [5.41, 5.74) is 8.00. The molecule has 0 aliphatic rings. The smallest absolute Gasteiger partial charge is 0.171 e. The molecule has 0 bridgehead atoms. The molecule has 5 aromatic rings.